The highest BCUT2D eigenvalue weighted by Crippen LogP contribution is 2.35. The standard InChI is InChI=1S/C13H15FN2O3/c1-13(2,3)19-12(18)16-9(7-10(16)17)11-8(14)5-4-6-15-11/h4-6,9H,7H2,1-3H3/t9-/m1/s1. The van der Waals surface area contributed by atoms with Crippen LogP contribution in [0.15, 0.2) is 18.3 Å². The van der Waals surface area contributed by atoms with E-state index in [1.165, 1.54) is 18.3 Å². The minimum absolute atomic E-state index is 0.0627. The van der Waals surface area contributed by atoms with Gasteiger partial charge in [-0.1, -0.05) is 0 Å². The number of rotatable bonds is 1. The van der Waals surface area contributed by atoms with E-state index in [1.807, 2.05) is 0 Å². The zero-order valence-electron chi connectivity index (χ0n) is 11.0. The lowest BCUT2D eigenvalue weighted by molar-refractivity contribution is -0.144. The first-order chi connectivity index (χ1) is 8.79. The van der Waals surface area contributed by atoms with Gasteiger partial charge in [-0.25, -0.2) is 14.1 Å². The van der Waals surface area contributed by atoms with Crippen LogP contribution in [0.2, 0.25) is 0 Å². The molecule has 5 nitrogen and oxygen atoms in total. The van der Waals surface area contributed by atoms with Crippen molar-refractivity contribution in [3.8, 4) is 0 Å². The van der Waals surface area contributed by atoms with Crippen LogP contribution in [0.25, 0.3) is 0 Å². The summed E-state index contributed by atoms with van der Waals surface area (Å²) in [4.78, 5) is 28.2. The van der Waals surface area contributed by atoms with Gasteiger partial charge in [0.25, 0.3) is 0 Å². The van der Waals surface area contributed by atoms with Crippen LogP contribution in [0, 0.1) is 5.82 Å². The zero-order chi connectivity index (χ0) is 14.2. The molecule has 102 valence electrons. The molecule has 0 N–H and O–H groups in total. The van der Waals surface area contributed by atoms with E-state index in [4.69, 9.17) is 4.74 Å². The Kier molecular flexibility index (Phi) is 3.26. The lowest BCUT2D eigenvalue weighted by Crippen LogP contribution is -2.52. The number of pyridine rings is 1. The van der Waals surface area contributed by atoms with Gasteiger partial charge in [-0.3, -0.25) is 9.78 Å². The Balaban J connectivity index is 2.19. The minimum Gasteiger partial charge on any atom is -0.443 e. The zero-order valence-corrected chi connectivity index (χ0v) is 11.0. The number of hydrogen-bond acceptors (Lipinski definition) is 4. The van der Waals surface area contributed by atoms with Crippen molar-refractivity contribution in [1.82, 2.24) is 9.88 Å². The Morgan fingerprint density at radius 2 is 2.21 bits per heavy atom. The van der Waals surface area contributed by atoms with Gasteiger partial charge >= 0.3 is 6.09 Å². The van der Waals surface area contributed by atoms with E-state index in [2.05, 4.69) is 4.98 Å². The molecule has 1 aliphatic rings. The molecule has 2 rings (SSSR count). The maximum atomic E-state index is 13.6. The number of β-lactam (4-membered cyclic amide) rings is 1. The van der Waals surface area contributed by atoms with Crippen molar-refractivity contribution >= 4 is 12.0 Å². The number of hydrogen-bond donors (Lipinski definition) is 0. The van der Waals surface area contributed by atoms with Crippen LogP contribution >= 0.6 is 0 Å². The molecule has 1 aromatic rings. The topological polar surface area (TPSA) is 59.5 Å². The number of nitrogens with zero attached hydrogens (tertiary/aromatic N) is 2. The van der Waals surface area contributed by atoms with Crippen LogP contribution in [0.5, 0.6) is 0 Å². The summed E-state index contributed by atoms with van der Waals surface area (Å²) >= 11 is 0. The lowest BCUT2D eigenvalue weighted by Gasteiger charge is -2.38. The molecule has 19 heavy (non-hydrogen) atoms. The quantitative estimate of drug-likeness (QED) is 0.732. The van der Waals surface area contributed by atoms with E-state index >= 15 is 0 Å². The molecule has 1 atom stereocenters. The third kappa shape index (κ3) is 2.72. The summed E-state index contributed by atoms with van der Waals surface area (Å²) in [6.45, 7) is 5.10. The highest BCUT2D eigenvalue weighted by Gasteiger charge is 2.45. The number of carbonyl (C=O) groups excluding carboxylic acids is 2. The van der Waals surface area contributed by atoms with E-state index in [9.17, 15) is 14.0 Å². The molecule has 0 radical (unpaired) electrons. The fourth-order valence-corrected chi connectivity index (χ4v) is 1.82. The van der Waals surface area contributed by atoms with Crippen LogP contribution in [0.4, 0.5) is 9.18 Å². The van der Waals surface area contributed by atoms with E-state index in [0.717, 1.165) is 4.90 Å². The molecule has 1 fully saturated rings. The summed E-state index contributed by atoms with van der Waals surface area (Å²) in [7, 11) is 0. The fourth-order valence-electron chi connectivity index (χ4n) is 1.82. The summed E-state index contributed by atoms with van der Waals surface area (Å²) in [5.74, 6) is -0.919. The maximum Gasteiger partial charge on any atom is 0.417 e. The molecule has 0 unspecified atom stereocenters. The average molecular weight is 266 g/mol. The van der Waals surface area contributed by atoms with Crippen LogP contribution in [-0.4, -0.2) is 27.5 Å². The normalized spacial score (nSPS) is 19.1. The summed E-state index contributed by atoms with van der Waals surface area (Å²) in [5.41, 5.74) is -0.617. The summed E-state index contributed by atoms with van der Waals surface area (Å²) in [6.07, 6.45) is 0.723. The highest BCUT2D eigenvalue weighted by atomic mass is 19.1. The summed E-state index contributed by atoms with van der Waals surface area (Å²) in [5, 5.41) is 0. The molecule has 1 saturated heterocycles. The highest BCUT2D eigenvalue weighted by molar-refractivity contribution is 5.97. The number of likely N-dealkylation sites (tertiary alicyclic amines) is 1. The van der Waals surface area contributed by atoms with Gasteiger partial charge in [0, 0.05) is 6.20 Å². The Bertz CT molecular complexity index is 525. The maximum absolute atomic E-state index is 13.6. The number of amides is 2. The number of imide groups is 1. The third-order valence-corrected chi connectivity index (χ3v) is 2.64. The third-order valence-electron chi connectivity index (χ3n) is 2.64. The molecule has 2 amide bonds. The van der Waals surface area contributed by atoms with Gasteiger partial charge in [-0.15, -0.1) is 0 Å². The summed E-state index contributed by atoms with van der Waals surface area (Å²) in [6, 6.07) is 2.03. The SMILES string of the molecule is CC(C)(C)OC(=O)N1C(=O)C[C@@H]1c1ncccc1F. The number of halogens is 1. The molecule has 0 bridgehead atoms. The second-order valence-corrected chi connectivity index (χ2v) is 5.33. The molecular formula is C13H15FN2O3. The van der Waals surface area contributed by atoms with Crippen LogP contribution in [0.3, 0.4) is 0 Å². The Labute approximate surface area is 110 Å². The Morgan fingerprint density at radius 1 is 1.53 bits per heavy atom. The van der Waals surface area contributed by atoms with Gasteiger partial charge in [-0.2, -0.15) is 0 Å². The summed E-state index contributed by atoms with van der Waals surface area (Å²) < 4.78 is 18.7. The first-order valence-electron chi connectivity index (χ1n) is 5.95. The fraction of sp³-hybridized carbons (Fsp3) is 0.462. The smallest absolute Gasteiger partial charge is 0.417 e. The number of ether oxygens (including phenoxy) is 1. The van der Waals surface area contributed by atoms with Gasteiger partial charge < -0.3 is 4.74 Å². The number of carbonyl (C=O) groups is 2. The molecule has 6 heteroatoms. The van der Waals surface area contributed by atoms with Gasteiger partial charge in [0.2, 0.25) is 5.91 Å². The van der Waals surface area contributed by atoms with Crippen molar-refractivity contribution in [2.75, 3.05) is 0 Å². The molecule has 1 aromatic heterocycles. The van der Waals surface area contributed by atoms with Crippen LogP contribution in [-0.2, 0) is 9.53 Å². The van der Waals surface area contributed by atoms with E-state index in [-0.39, 0.29) is 18.0 Å². The van der Waals surface area contributed by atoms with Crippen molar-refractivity contribution in [1.29, 1.82) is 0 Å². The van der Waals surface area contributed by atoms with Crippen LogP contribution in [0.1, 0.15) is 38.9 Å². The first kappa shape index (κ1) is 13.5. The molecule has 0 spiro atoms. The largest absolute Gasteiger partial charge is 0.443 e. The second kappa shape index (κ2) is 4.60. The molecule has 0 aromatic carbocycles. The van der Waals surface area contributed by atoms with Gasteiger partial charge in [0.15, 0.2) is 0 Å². The van der Waals surface area contributed by atoms with Crippen molar-refractivity contribution < 1.29 is 18.7 Å². The van der Waals surface area contributed by atoms with Crippen molar-refractivity contribution in [3.63, 3.8) is 0 Å². The first-order valence-corrected chi connectivity index (χ1v) is 5.95. The molecule has 0 aliphatic carbocycles. The Hall–Kier alpha value is -1.98. The average Bonchev–Trinajstić information content (AvgIpc) is 2.24. The van der Waals surface area contributed by atoms with Crippen molar-refractivity contribution in [3.05, 3.63) is 29.8 Å². The molecule has 2 heterocycles. The van der Waals surface area contributed by atoms with Crippen LogP contribution < -0.4 is 0 Å². The van der Waals surface area contributed by atoms with E-state index < -0.39 is 23.6 Å². The monoisotopic (exact) mass is 266 g/mol. The van der Waals surface area contributed by atoms with Gasteiger partial charge in [0.05, 0.1) is 18.2 Å². The molecular weight excluding hydrogens is 251 g/mol. The van der Waals surface area contributed by atoms with E-state index in [1.54, 1.807) is 20.8 Å². The molecule has 1 aliphatic heterocycles. The Morgan fingerprint density at radius 3 is 2.74 bits per heavy atom. The van der Waals surface area contributed by atoms with Crippen molar-refractivity contribution in [2.24, 2.45) is 0 Å². The lowest BCUT2D eigenvalue weighted by atomic mass is 9.98. The van der Waals surface area contributed by atoms with E-state index in [0.29, 0.717) is 0 Å². The van der Waals surface area contributed by atoms with Crippen molar-refractivity contribution in [2.45, 2.75) is 38.8 Å². The van der Waals surface area contributed by atoms with Gasteiger partial charge in [0.1, 0.15) is 11.4 Å². The molecule has 0 saturated carbocycles. The minimum atomic E-state index is -0.765. The number of aromatic nitrogens is 1. The predicted molar refractivity (Wildman–Crippen MR) is 64.6 cm³/mol. The predicted octanol–water partition coefficient (Wildman–Crippen LogP) is 2.43. The second-order valence-electron chi connectivity index (χ2n) is 5.33. The van der Waals surface area contributed by atoms with Gasteiger partial charge in [-0.05, 0) is 32.9 Å².